The van der Waals surface area contributed by atoms with Gasteiger partial charge < -0.3 is 5.32 Å². The van der Waals surface area contributed by atoms with Gasteiger partial charge in [0, 0.05) is 11.1 Å². The van der Waals surface area contributed by atoms with Gasteiger partial charge in [-0.05, 0) is 36.7 Å². The molecule has 2 atom stereocenters. The van der Waals surface area contributed by atoms with Crippen LogP contribution in [0.4, 0.5) is 0 Å². The summed E-state index contributed by atoms with van der Waals surface area (Å²) in [5.41, 5.74) is 0. The third kappa shape index (κ3) is 4.01. The molecule has 1 aliphatic heterocycles. The van der Waals surface area contributed by atoms with Gasteiger partial charge in [-0.1, -0.05) is 25.4 Å². The van der Waals surface area contributed by atoms with Crippen LogP contribution in [-0.2, 0) is 19.7 Å². The molecule has 5 nitrogen and oxygen atoms in total. The molecule has 22 heavy (non-hydrogen) atoms. The highest BCUT2D eigenvalue weighted by Gasteiger charge is 2.45. The molecule has 0 aromatic heterocycles. The van der Waals surface area contributed by atoms with Gasteiger partial charge in [0.1, 0.15) is 0 Å². The van der Waals surface area contributed by atoms with Crippen molar-refractivity contribution in [2.45, 2.75) is 30.0 Å². The number of nitrogens with one attached hydrogen (secondary N) is 1. The molecule has 1 saturated heterocycles. The van der Waals surface area contributed by atoms with E-state index in [9.17, 15) is 16.8 Å². The lowest BCUT2D eigenvalue weighted by Crippen LogP contribution is -2.44. The Balaban J connectivity index is 2.32. The van der Waals surface area contributed by atoms with E-state index in [0.29, 0.717) is 17.5 Å². The molecule has 0 aliphatic carbocycles. The van der Waals surface area contributed by atoms with E-state index >= 15 is 0 Å². The highest BCUT2D eigenvalue weighted by Crippen LogP contribution is 2.26. The molecule has 2 rings (SSSR count). The Morgan fingerprint density at radius 3 is 2.36 bits per heavy atom. The predicted octanol–water partition coefficient (Wildman–Crippen LogP) is 1.52. The molecule has 1 aliphatic rings. The largest absolute Gasteiger partial charge is 0.311 e. The number of sulfone groups is 2. The highest BCUT2D eigenvalue weighted by atomic mass is 35.5. The first-order valence-corrected chi connectivity index (χ1v) is 10.8. The molecule has 0 bridgehead atoms. The SMILES string of the molecule is CC(C)CNC1CS(=O)(=O)CC1S(=O)(=O)c1ccc(Cl)cc1. The van der Waals surface area contributed by atoms with Gasteiger partial charge in [-0.2, -0.15) is 0 Å². The van der Waals surface area contributed by atoms with Crippen LogP contribution in [0.2, 0.25) is 5.02 Å². The quantitative estimate of drug-likeness (QED) is 0.855. The second-order valence-corrected chi connectivity index (χ2v) is 10.8. The average molecular weight is 366 g/mol. The van der Waals surface area contributed by atoms with Crippen molar-refractivity contribution in [2.75, 3.05) is 18.1 Å². The summed E-state index contributed by atoms with van der Waals surface area (Å²) in [4.78, 5) is 0.107. The van der Waals surface area contributed by atoms with Crippen molar-refractivity contribution >= 4 is 31.3 Å². The monoisotopic (exact) mass is 365 g/mol. The van der Waals surface area contributed by atoms with E-state index in [1.54, 1.807) is 0 Å². The van der Waals surface area contributed by atoms with Gasteiger partial charge in [-0.3, -0.25) is 0 Å². The fourth-order valence-electron chi connectivity index (χ4n) is 2.50. The van der Waals surface area contributed by atoms with Crippen LogP contribution in [0.1, 0.15) is 13.8 Å². The molecule has 0 spiro atoms. The lowest BCUT2D eigenvalue weighted by molar-refractivity contribution is 0.480. The third-order valence-electron chi connectivity index (χ3n) is 3.63. The van der Waals surface area contributed by atoms with Crippen molar-refractivity contribution in [2.24, 2.45) is 5.92 Å². The van der Waals surface area contributed by atoms with Gasteiger partial charge in [0.15, 0.2) is 19.7 Å². The molecule has 0 saturated carbocycles. The van der Waals surface area contributed by atoms with E-state index in [0.717, 1.165) is 0 Å². The van der Waals surface area contributed by atoms with E-state index in [1.807, 2.05) is 13.8 Å². The zero-order valence-corrected chi connectivity index (χ0v) is 14.9. The first-order chi connectivity index (χ1) is 10.1. The summed E-state index contributed by atoms with van der Waals surface area (Å²) in [5.74, 6) is -0.174. The minimum atomic E-state index is -3.72. The molecular weight excluding hydrogens is 346 g/mol. The lowest BCUT2D eigenvalue weighted by Gasteiger charge is -2.21. The van der Waals surface area contributed by atoms with Gasteiger partial charge in [-0.15, -0.1) is 0 Å². The van der Waals surface area contributed by atoms with Crippen LogP contribution in [-0.4, -0.2) is 46.2 Å². The standard InChI is InChI=1S/C14H20ClNO4S2/c1-10(2)7-16-13-8-21(17,18)9-14(13)22(19,20)12-5-3-11(15)4-6-12/h3-6,10,13-14,16H,7-9H2,1-2H3. The first kappa shape index (κ1) is 17.7. The third-order valence-corrected chi connectivity index (χ3v) is 8.05. The van der Waals surface area contributed by atoms with Crippen LogP contribution in [0.5, 0.6) is 0 Å². The summed E-state index contributed by atoms with van der Waals surface area (Å²) in [6.07, 6.45) is 0. The van der Waals surface area contributed by atoms with E-state index < -0.39 is 31.0 Å². The Morgan fingerprint density at radius 1 is 1.23 bits per heavy atom. The summed E-state index contributed by atoms with van der Waals surface area (Å²) in [6.45, 7) is 4.55. The average Bonchev–Trinajstić information content (AvgIpc) is 2.73. The Labute approximate surface area is 136 Å². The van der Waals surface area contributed by atoms with Gasteiger partial charge in [0.2, 0.25) is 0 Å². The zero-order valence-electron chi connectivity index (χ0n) is 12.5. The van der Waals surface area contributed by atoms with Gasteiger partial charge in [0.05, 0.1) is 21.7 Å². The van der Waals surface area contributed by atoms with Crippen molar-refractivity contribution in [3.63, 3.8) is 0 Å². The number of benzene rings is 1. The van der Waals surface area contributed by atoms with Crippen molar-refractivity contribution < 1.29 is 16.8 Å². The maximum absolute atomic E-state index is 12.7. The molecule has 2 unspecified atom stereocenters. The fraction of sp³-hybridized carbons (Fsp3) is 0.571. The maximum Gasteiger partial charge on any atom is 0.183 e. The molecule has 1 aromatic carbocycles. The van der Waals surface area contributed by atoms with E-state index in [1.165, 1.54) is 24.3 Å². The number of halogens is 1. The van der Waals surface area contributed by atoms with Gasteiger partial charge >= 0.3 is 0 Å². The smallest absolute Gasteiger partial charge is 0.183 e. The van der Waals surface area contributed by atoms with Gasteiger partial charge in [-0.25, -0.2) is 16.8 Å². The summed E-state index contributed by atoms with van der Waals surface area (Å²) >= 11 is 5.78. The fourth-order valence-corrected chi connectivity index (χ4v) is 7.34. The molecule has 1 aromatic rings. The highest BCUT2D eigenvalue weighted by molar-refractivity contribution is 7.96. The van der Waals surface area contributed by atoms with Crippen molar-refractivity contribution in [1.82, 2.24) is 5.32 Å². The van der Waals surface area contributed by atoms with Crippen LogP contribution < -0.4 is 5.32 Å². The number of hydrogen-bond donors (Lipinski definition) is 1. The molecule has 0 amide bonds. The second kappa shape index (κ2) is 6.47. The van der Waals surface area contributed by atoms with Gasteiger partial charge in [0.25, 0.3) is 0 Å². The Kier molecular flexibility index (Phi) is 5.21. The molecule has 1 heterocycles. The van der Waals surface area contributed by atoms with Crippen LogP contribution >= 0.6 is 11.6 Å². The van der Waals surface area contributed by atoms with Crippen molar-refractivity contribution in [1.29, 1.82) is 0 Å². The molecule has 124 valence electrons. The summed E-state index contributed by atoms with van der Waals surface area (Å²) < 4.78 is 49.3. The van der Waals surface area contributed by atoms with E-state index in [4.69, 9.17) is 11.6 Å². The molecule has 1 N–H and O–H groups in total. The lowest BCUT2D eigenvalue weighted by atomic mass is 10.2. The minimum absolute atomic E-state index is 0.107. The van der Waals surface area contributed by atoms with Crippen LogP contribution in [0, 0.1) is 5.92 Å². The van der Waals surface area contributed by atoms with E-state index in [-0.39, 0.29) is 16.4 Å². The Hall–Kier alpha value is -0.630. The summed E-state index contributed by atoms with van der Waals surface area (Å²) in [5, 5.41) is 2.57. The Morgan fingerprint density at radius 2 is 1.82 bits per heavy atom. The number of rotatable bonds is 5. The van der Waals surface area contributed by atoms with E-state index in [2.05, 4.69) is 5.32 Å². The predicted molar refractivity (Wildman–Crippen MR) is 87.7 cm³/mol. The molecule has 8 heteroatoms. The normalized spacial score (nSPS) is 24.7. The topological polar surface area (TPSA) is 80.3 Å². The van der Waals surface area contributed by atoms with Crippen molar-refractivity contribution in [3.05, 3.63) is 29.3 Å². The molecule has 0 radical (unpaired) electrons. The molecular formula is C14H20ClNO4S2. The van der Waals surface area contributed by atoms with Crippen LogP contribution in [0.25, 0.3) is 0 Å². The van der Waals surface area contributed by atoms with Crippen molar-refractivity contribution in [3.8, 4) is 0 Å². The zero-order chi connectivity index (χ0) is 16.5. The Bertz CT molecular complexity index is 727. The summed E-state index contributed by atoms with van der Waals surface area (Å²) in [6, 6.07) is 5.25. The summed E-state index contributed by atoms with van der Waals surface area (Å²) in [7, 11) is -7.08. The second-order valence-electron chi connectivity index (χ2n) is 6.02. The number of hydrogen-bond acceptors (Lipinski definition) is 5. The van der Waals surface area contributed by atoms with Crippen LogP contribution in [0.3, 0.4) is 0 Å². The first-order valence-electron chi connectivity index (χ1n) is 7.05. The van der Waals surface area contributed by atoms with Crippen LogP contribution in [0.15, 0.2) is 29.2 Å². The maximum atomic E-state index is 12.7. The molecule has 1 fully saturated rings. The minimum Gasteiger partial charge on any atom is -0.311 e.